The van der Waals surface area contributed by atoms with Crippen molar-refractivity contribution < 1.29 is 22.8 Å². The minimum atomic E-state index is -1.01. The van der Waals surface area contributed by atoms with Gasteiger partial charge in [-0.1, -0.05) is 0 Å². The smallest absolute Gasteiger partial charge is 0.254 e. The lowest BCUT2D eigenvalue weighted by Gasteiger charge is -2.15. The van der Waals surface area contributed by atoms with E-state index in [-0.39, 0.29) is 17.9 Å². The number of amides is 2. The number of hydrogen-bond donors (Lipinski definition) is 2. The topological polar surface area (TPSA) is 76.0 Å². The molecule has 0 aliphatic carbocycles. The number of rotatable bonds is 6. The van der Waals surface area contributed by atoms with Crippen molar-refractivity contribution >= 4 is 11.8 Å². The van der Waals surface area contributed by atoms with Gasteiger partial charge in [0.05, 0.1) is 30.0 Å². The second-order valence-electron chi connectivity index (χ2n) is 6.67. The lowest BCUT2D eigenvalue weighted by molar-refractivity contribution is -0.120. The van der Waals surface area contributed by atoms with Crippen LogP contribution in [0.1, 0.15) is 34.6 Å². The lowest BCUT2D eigenvalue weighted by atomic mass is 10.1. The second kappa shape index (κ2) is 8.81. The maximum Gasteiger partial charge on any atom is 0.254 e. The third-order valence-electron chi connectivity index (χ3n) is 4.55. The van der Waals surface area contributed by atoms with Crippen molar-refractivity contribution in [2.24, 2.45) is 0 Å². The molecule has 6 nitrogen and oxygen atoms in total. The van der Waals surface area contributed by atoms with Crippen LogP contribution in [-0.4, -0.2) is 28.1 Å². The molecular formula is C21H19F3N4O2. The molecule has 1 unspecified atom stereocenters. The van der Waals surface area contributed by atoms with E-state index < -0.39 is 29.5 Å². The SMILES string of the molecule is Cc1c(C(C)NC(=O)CNC(=O)c2ccc(F)cc2F)cnn1-c1ccc(F)cc1. The van der Waals surface area contributed by atoms with Crippen molar-refractivity contribution in [1.82, 2.24) is 20.4 Å². The Labute approximate surface area is 170 Å². The van der Waals surface area contributed by atoms with Gasteiger partial charge in [0.15, 0.2) is 0 Å². The van der Waals surface area contributed by atoms with Crippen LogP contribution in [0, 0.1) is 24.4 Å². The number of halogens is 3. The van der Waals surface area contributed by atoms with Gasteiger partial charge < -0.3 is 10.6 Å². The summed E-state index contributed by atoms with van der Waals surface area (Å²) in [6, 6.07) is 7.97. The van der Waals surface area contributed by atoms with Crippen LogP contribution in [0.3, 0.4) is 0 Å². The minimum Gasteiger partial charge on any atom is -0.348 e. The van der Waals surface area contributed by atoms with Gasteiger partial charge in [-0.2, -0.15) is 5.10 Å². The molecule has 0 spiro atoms. The predicted molar refractivity (Wildman–Crippen MR) is 104 cm³/mol. The van der Waals surface area contributed by atoms with Crippen LogP contribution >= 0.6 is 0 Å². The van der Waals surface area contributed by atoms with Crippen LogP contribution in [0.15, 0.2) is 48.7 Å². The quantitative estimate of drug-likeness (QED) is 0.648. The Bertz CT molecular complexity index is 1080. The first-order valence-electron chi connectivity index (χ1n) is 9.09. The summed E-state index contributed by atoms with van der Waals surface area (Å²) in [6.45, 7) is 3.18. The summed E-state index contributed by atoms with van der Waals surface area (Å²) in [7, 11) is 0. The summed E-state index contributed by atoms with van der Waals surface area (Å²) in [6.07, 6.45) is 1.59. The summed E-state index contributed by atoms with van der Waals surface area (Å²) in [4.78, 5) is 24.2. The van der Waals surface area contributed by atoms with E-state index in [0.29, 0.717) is 11.8 Å². The van der Waals surface area contributed by atoms with Crippen LogP contribution in [0.2, 0.25) is 0 Å². The Morgan fingerprint density at radius 3 is 2.40 bits per heavy atom. The predicted octanol–water partition coefficient (Wildman–Crippen LogP) is 3.21. The summed E-state index contributed by atoms with van der Waals surface area (Å²) in [5.41, 5.74) is 1.82. The Balaban J connectivity index is 1.60. The van der Waals surface area contributed by atoms with Crippen molar-refractivity contribution in [3.8, 4) is 5.69 Å². The van der Waals surface area contributed by atoms with E-state index in [2.05, 4.69) is 15.7 Å². The maximum absolute atomic E-state index is 13.6. The number of carbonyl (C=O) groups is 2. The van der Waals surface area contributed by atoms with E-state index in [9.17, 15) is 22.8 Å². The van der Waals surface area contributed by atoms with Crippen molar-refractivity contribution in [3.05, 3.63) is 82.9 Å². The van der Waals surface area contributed by atoms with E-state index in [0.717, 1.165) is 23.4 Å². The highest BCUT2D eigenvalue weighted by Crippen LogP contribution is 2.20. The first kappa shape index (κ1) is 21.1. The monoisotopic (exact) mass is 416 g/mol. The van der Waals surface area contributed by atoms with Gasteiger partial charge in [0.2, 0.25) is 5.91 Å². The molecule has 9 heteroatoms. The van der Waals surface area contributed by atoms with Crippen LogP contribution in [0.4, 0.5) is 13.2 Å². The maximum atomic E-state index is 13.6. The molecular weight excluding hydrogens is 397 g/mol. The third-order valence-corrected chi connectivity index (χ3v) is 4.55. The zero-order valence-electron chi connectivity index (χ0n) is 16.2. The average molecular weight is 416 g/mol. The zero-order valence-corrected chi connectivity index (χ0v) is 16.2. The van der Waals surface area contributed by atoms with Gasteiger partial charge in [-0.25, -0.2) is 17.9 Å². The highest BCUT2D eigenvalue weighted by molar-refractivity contribution is 5.96. The molecule has 1 atom stereocenters. The van der Waals surface area contributed by atoms with E-state index in [1.54, 1.807) is 29.9 Å². The number of benzene rings is 2. The fourth-order valence-electron chi connectivity index (χ4n) is 2.99. The van der Waals surface area contributed by atoms with Crippen molar-refractivity contribution in [1.29, 1.82) is 0 Å². The van der Waals surface area contributed by atoms with Crippen LogP contribution in [-0.2, 0) is 4.79 Å². The van der Waals surface area contributed by atoms with Gasteiger partial charge in [-0.3, -0.25) is 9.59 Å². The number of aromatic nitrogens is 2. The number of carbonyl (C=O) groups excluding carboxylic acids is 2. The van der Waals surface area contributed by atoms with Gasteiger partial charge in [0.25, 0.3) is 5.91 Å². The number of nitrogens with zero attached hydrogens (tertiary/aromatic N) is 2. The molecule has 30 heavy (non-hydrogen) atoms. The molecule has 1 aromatic heterocycles. The highest BCUT2D eigenvalue weighted by Gasteiger charge is 2.18. The molecule has 0 aliphatic rings. The number of nitrogens with one attached hydrogen (secondary N) is 2. The molecule has 1 heterocycles. The highest BCUT2D eigenvalue weighted by atomic mass is 19.1. The second-order valence-corrected chi connectivity index (χ2v) is 6.67. The molecule has 2 amide bonds. The fraction of sp³-hybridized carbons (Fsp3) is 0.190. The Hall–Kier alpha value is -3.62. The molecule has 0 saturated heterocycles. The van der Waals surface area contributed by atoms with Gasteiger partial charge in [0, 0.05) is 17.3 Å². The molecule has 2 aromatic carbocycles. The van der Waals surface area contributed by atoms with Crippen LogP contribution in [0.25, 0.3) is 5.69 Å². The molecule has 0 bridgehead atoms. The lowest BCUT2D eigenvalue weighted by Crippen LogP contribution is -2.38. The molecule has 3 rings (SSSR count). The Kier molecular flexibility index (Phi) is 6.20. The largest absolute Gasteiger partial charge is 0.348 e. The zero-order chi connectivity index (χ0) is 21.8. The normalized spacial score (nSPS) is 11.8. The van der Waals surface area contributed by atoms with Gasteiger partial charge in [-0.15, -0.1) is 0 Å². The van der Waals surface area contributed by atoms with E-state index in [1.165, 1.54) is 12.1 Å². The first-order valence-corrected chi connectivity index (χ1v) is 9.09. The molecule has 2 N–H and O–H groups in total. The van der Waals surface area contributed by atoms with Gasteiger partial charge in [0.1, 0.15) is 17.5 Å². The molecule has 156 valence electrons. The molecule has 3 aromatic rings. The summed E-state index contributed by atoms with van der Waals surface area (Å²) >= 11 is 0. The number of hydrogen-bond acceptors (Lipinski definition) is 3. The molecule has 0 radical (unpaired) electrons. The molecule has 0 saturated carbocycles. The van der Waals surface area contributed by atoms with E-state index in [1.807, 2.05) is 6.92 Å². The fourth-order valence-corrected chi connectivity index (χ4v) is 2.99. The van der Waals surface area contributed by atoms with Gasteiger partial charge in [-0.05, 0) is 50.2 Å². The van der Waals surface area contributed by atoms with Crippen LogP contribution in [0.5, 0.6) is 0 Å². The van der Waals surface area contributed by atoms with Gasteiger partial charge >= 0.3 is 0 Å². The van der Waals surface area contributed by atoms with Crippen LogP contribution < -0.4 is 10.6 Å². The van der Waals surface area contributed by atoms with Crippen molar-refractivity contribution in [2.75, 3.05) is 6.54 Å². The Morgan fingerprint density at radius 2 is 1.73 bits per heavy atom. The summed E-state index contributed by atoms with van der Waals surface area (Å²) in [5, 5.41) is 9.29. The van der Waals surface area contributed by atoms with Crippen molar-refractivity contribution in [2.45, 2.75) is 19.9 Å². The standard InChI is InChI=1S/C21H19F3N4O2/c1-12(18-10-26-28(13(18)2)16-6-3-14(22)4-7-16)27-20(29)11-25-21(30)17-8-5-15(23)9-19(17)24/h3-10,12H,11H2,1-2H3,(H,25,30)(H,27,29). The average Bonchev–Trinajstić information content (AvgIpc) is 3.08. The summed E-state index contributed by atoms with van der Waals surface area (Å²) in [5.74, 6) is -3.48. The van der Waals surface area contributed by atoms with E-state index in [4.69, 9.17) is 0 Å². The minimum absolute atomic E-state index is 0.353. The third kappa shape index (κ3) is 4.68. The molecule has 0 aliphatic heterocycles. The summed E-state index contributed by atoms with van der Waals surface area (Å²) < 4.78 is 41.3. The first-order chi connectivity index (χ1) is 14.3. The van der Waals surface area contributed by atoms with E-state index >= 15 is 0 Å². The van der Waals surface area contributed by atoms with Crippen molar-refractivity contribution in [3.63, 3.8) is 0 Å². The Morgan fingerprint density at radius 1 is 1.07 bits per heavy atom. The molecule has 0 fully saturated rings.